The maximum absolute atomic E-state index is 13.1. The van der Waals surface area contributed by atoms with E-state index < -0.39 is 5.56 Å². The highest BCUT2D eigenvalue weighted by atomic mass is 35.5. The minimum absolute atomic E-state index is 0.190. The molecule has 0 radical (unpaired) electrons. The van der Waals surface area contributed by atoms with E-state index in [9.17, 15) is 14.7 Å². The first kappa shape index (κ1) is 39.9. The zero-order valence-corrected chi connectivity index (χ0v) is 34.4. The second kappa shape index (κ2) is 17.2. The molecule has 0 aliphatic carbocycles. The quantitative estimate of drug-likeness (QED) is 0.172. The van der Waals surface area contributed by atoms with Crippen molar-refractivity contribution in [2.45, 2.75) is 27.7 Å². The lowest BCUT2D eigenvalue weighted by Gasteiger charge is -2.15. The van der Waals surface area contributed by atoms with Gasteiger partial charge in [-0.15, -0.1) is 0 Å². The standard InChI is InChI=1S/C20H15Cl2NO2S3.C18H13Cl2NO2S/c1-10-4-9-14(22)11(2)15(10)16-17(24)23-18(12-5-7-13(21)8-6-12)28-19(16)25-20(26)27-3;1-9-3-8-13(20)10(2)14(9)15-16(22)21-17(24-18(15)23)11-4-6-12(19)7-5-11/h4-9H,1-3H3;3-8,22H,1-2H3. The van der Waals surface area contributed by atoms with E-state index in [1.807, 2.05) is 64.3 Å². The fourth-order valence-corrected chi connectivity index (χ4v) is 8.01. The second-order valence-corrected chi connectivity index (χ2v) is 16.3. The molecule has 0 bridgehead atoms. The number of hydrogen-bond donors (Lipinski definition) is 1. The number of rotatable bonds is 5. The molecule has 0 saturated carbocycles. The average Bonchev–Trinajstić information content (AvgIpc) is 3.11. The molecule has 1 N–H and O–H groups in total. The normalized spacial score (nSPS) is 10.8. The van der Waals surface area contributed by atoms with Gasteiger partial charge in [-0.05, 0) is 116 Å². The third kappa shape index (κ3) is 8.89. The molecule has 0 amide bonds. The Balaban J connectivity index is 0.000000203. The van der Waals surface area contributed by atoms with E-state index in [1.165, 1.54) is 23.1 Å². The van der Waals surface area contributed by atoms with Crippen molar-refractivity contribution < 1.29 is 9.84 Å². The molecule has 0 saturated heterocycles. The van der Waals surface area contributed by atoms with Gasteiger partial charge in [-0.25, -0.2) is 4.98 Å². The number of hydrogen-bond acceptors (Lipinski definition) is 10. The summed E-state index contributed by atoms with van der Waals surface area (Å²) < 4.78 is 5.93. The number of thiocarbonyl (C=S) groups is 1. The van der Waals surface area contributed by atoms with Crippen LogP contribution in [0, 0.1) is 27.7 Å². The maximum atomic E-state index is 13.1. The van der Waals surface area contributed by atoms with Crippen LogP contribution in [-0.4, -0.2) is 25.7 Å². The molecule has 266 valence electrons. The van der Waals surface area contributed by atoms with E-state index in [0.29, 0.717) is 50.7 Å². The zero-order valence-electron chi connectivity index (χ0n) is 28.1. The average molecular weight is 847 g/mol. The molecule has 2 heterocycles. The van der Waals surface area contributed by atoms with Crippen molar-refractivity contribution in [2.75, 3.05) is 6.26 Å². The summed E-state index contributed by atoms with van der Waals surface area (Å²) in [6.07, 6.45) is 1.82. The number of benzene rings is 4. The maximum Gasteiger partial charge on any atom is 0.283 e. The molecule has 0 spiro atoms. The van der Waals surface area contributed by atoms with Crippen LogP contribution in [0.25, 0.3) is 43.4 Å². The molecule has 2 aromatic heterocycles. The highest BCUT2D eigenvalue weighted by Crippen LogP contribution is 2.41. The van der Waals surface area contributed by atoms with E-state index in [1.54, 1.807) is 42.5 Å². The Bertz CT molecular complexity index is 2430. The van der Waals surface area contributed by atoms with Crippen LogP contribution in [0.1, 0.15) is 22.3 Å². The van der Waals surface area contributed by atoms with Crippen molar-refractivity contribution in [3.63, 3.8) is 0 Å². The van der Waals surface area contributed by atoms with E-state index in [4.69, 9.17) is 63.4 Å². The first-order valence-electron chi connectivity index (χ1n) is 15.3. The molecule has 6 aromatic rings. The first-order chi connectivity index (χ1) is 24.7. The van der Waals surface area contributed by atoms with Crippen LogP contribution in [0.2, 0.25) is 20.1 Å². The first-order valence-corrected chi connectivity index (χ1v) is 20.1. The molecular formula is C38H28Cl4N2O4S4. The monoisotopic (exact) mass is 844 g/mol. The van der Waals surface area contributed by atoms with Gasteiger partial charge in [0.2, 0.25) is 15.0 Å². The van der Waals surface area contributed by atoms with Crippen LogP contribution in [0.15, 0.2) is 82.4 Å². The fourth-order valence-electron chi connectivity index (χ4n) is 5.26. The summed E-state index contributed by atoms with van der Waals surface area (Å²) in [7, 11) is 0. The number of halogens is 4. The SMILES string of the molecule is CSC(=S)Oc1sc(-c2ccc(Cl)cc2)nc(=O)c1-c1c(C)ccc(Cl)c1C.Cc1ccc(Cl)c(C)c1-c1c(O)nc(-c2ccc(Cl)cc2)sc1=O. The van der Waals surface area contributed by atoms with E-state index in [-0.39, 0.29) is 16.2 Å². The van der Waals surface area contributed by atoms with Crippen molar-refractivity contribution in [2.24, 2.45) is 0 Å². The zero-order chi connectivity index (χ0) is 37.9. The summed E-state index contributed by atoms with van der Waals surface area (Å²) in [5.74, 6) is -0.294. The van der Waals surface area contributed by atoms with E-state index >= 15 is 0 Å². The Morgan fingerprint density at radius 2 is 1.13 bits per heavy atom. The molecule has 0 aliphatic rings. The Morgan fingerprint density at radius 1 is 0.673 bits per heavy atom. The predicted molar refractivity (Wildman–Crippen MR) is 226 cm³/mol. The summed E-state index contributed by atoms with van der Waals surface area (Å²) in [6, 6.07) is 21.4. The van der Waals surface area contributed by atoms with Gasteiger partial charge in [-0.1, -0.05) is 117 Å². The Labute approximate surface area is 338 Å². The van der Waals surface area contributed by atoms with Crippen molar-refractivity contribution in [3.8, 4) is 54.3 Å². The van der Waals surface area contributed by atoms with Crippen LogP contribution >= 0.6 is 93.1 Å². The van der Waals surface area contributed by atoms with Gasteiger partial charge in [0.25, 0.3) is 5.56 Å². The van der Waals surface area contributed by atoms with Crippen molar-refractivity contribution >= 4 is 97.4 Å². The minimum Gasteiger partial charge on any atom is -0.493 e. The Morgan fingerprint density at radius 3 is 1.60 bits per heavy atom. The minimum atomic E-state index is -0.393. The molecule has 6 nitrogen and oxygen atoms in total. The molecule has 0 aliphatic heterocycles. The summed E-state index contributed by atoms with van der Waals surface area (Å²) >= 11 is 33.1. The molecular weight excluding hydrogens is 819 g/mol. The number of aryl methyl sites for hydroxylation is 2. The third-order valence-corrected chi connectivity index (χ3v) is 12.1. The summed E-state index contributed by atoms with van der Waals surface area (Å²) in [6.45, 7) is 7.49. The van der Waals surface area contributed by atoms with Gasteiger partial charge in [0.05, 0.1) is 0 Å². The number of aromatic hydroxyl groups is 1. The summed E-state index contributed by atoms with van der Waals surface area (Å²) in [5.41, 5.74) is 6.34. The highest BCUT2D eigenvalue weighted by molar-refractivity contribution is 8.22. The van der Waals surface area contributed by atoms with Gasteiger partial charge in [0, 0.05) is 31.2 Å². The largest absolute Gasteiger partial charge is 0.493 e. The molecule has 0 atom stereocenters. The van der Waals surface area contributed by atoms with Gasteiger partial charge >= 0.3 is 0 Å². The topological polar surface area (TPSA) is 89.4 Å². The molecule has 6 rings (SSSR count). The second-order valence-electron chi connectivity index (χ2n) is 11.3. The lowest BCUT2D eigenvalue weighted by molar-refractivity contribution is 0.457. The number of nitrogens with zero attached hydrogens (tertiary/aromatic N) is 2. The summed E-state index contributed by atoms with van der Waals surface area (Å²) in [4.78, 5) is 34.3. The molecule has 52 heavy (non-hydrogen) atoms. The Hall–Kier alpha value is -3.32. The van der Waals surface area contributed by atoms with Crippen LogP contribution in [-0.2, 0) is 0 Å². The van der Waals surface area contributed by atoms with Gasteiger partial charge in [0.1, 0.15) is 21.1 Å². The van der Waals surface area contributed by atoms with E-state index in [2.05, 4.69) is 9.97 Å². The molecule has 0 unspecified atom stereocenters. The van der Waals surface area contributed by atoms with Gasteiger partial charge in [-0.2, -0.15) is 4.98 Å². The fraction of sp³-hybridized carbons (Fsp3) is 0.132. The number of ether oxygens (including phenoxy) is 1. The van der Waals surface area contributed by atoms with Crippen molar-refractivity contribution in [3.05, 3.63) is 135 Å². The van der Waals surface area contributed by atoms with Gasteiger partial charge in [0.15, 0.2) is 5.06 Å². The van der Waals surface area contributed by atoms with Crippen LogP contribution in [0.4, 0.5) is 0 Å². The Kier molecular flexibility index (Phi) is 13.2. The van der Waals surface area contributed by atoms with Crippen molar-refractivity contribution in [1.29, 1.82) is 0 Å². The molecule has 0 fully saturated rings. The van der Waals surface area contributed by atoms with Crippen LogP contribution < -0.4 is 15.0 Å². The van der Waals surface area contributed by atoms with Gasteiger partial charge in [-0.3, -0.25) is 9.59 Å². The molecule has 4 aromatic carbocycles. The lowest BCUT2D eigenvalue weighted by Crippen LogP contribution is -2.14. The smallest absolute Gasteiger partial charge is 0.283 e. The van der Waals surface area contributed by atoms with Crippen molar-refractivity contribution in [1.82, 2.24) is 9.97 Å². The number of aromatic nitrogens is 2. The summed E-state index contributed by atoms with van der Waals surface area (Å²) in [5, 5.41) is 14.1. The number of thioether (sulfide) groups is 1. The predicted octanol–water partition coefficient (Wildman–Crippen LogP) is 12.3. The van der Waals surface area contributed by atoms with Crippen LogP contribution in [0.3, 0.4) is 0 Å². The van der Waals surface area contributed by atoms with Crippen LogP contribution in [0.5, 0.6) is 10.9 Å². The van der Waals surface area contributed by atoms with Gasteiger partial charge < -0.3 is 9.84 Å². The lowest BCUT2D eigenvalue weighted by atomic mass is 9.98. The highest BCUT2D eigenvalue weighted by Gasteiger charge is 2.22. The molecule has 14 heteroatoms. The van der Waals surface area contributed by atoms with E-state index in [0.717, 1.165) is 50.3 Å². The third-order valence-electron chi connectivity index (χ3n) is 7.87.